The molecule has 20 heavy (non-hydrogen) atoms. The first-order valence-electron chi connectivity index (χ1n) is 6.63. The van der Waals surface area contributed by atoms with Gasteiger partial charge in [0.1, 0.15) is 0 Å². The highest BCUT2D eigenvalue weighted by atomic mass is 35.5. The summed E-state index contributed by atoms with van der Waals surface area (Å²) in [4.78, 5) is 14.2. The van der Waals surface area contributed by atoms with Gasteiger partial charge in [-0.2, -0.15) is 0 Å². The summed E-state index contributed by atoms with van der Waals surface area (Å²) in [5.74, 6) is 1.13. The van der Waals surface area contributed by atoms with Crippen LogP contribution in [-0.2, 0) is 4.79 Å². The molecule has 1 amide bonds. The van der Waals surface area contributed by atoms with Crippen LogP contribution in [0.25, 0.3) is 0 Å². The number of halogens is 2. The summed E-state index contributed by atoms with van der Waals surface area (Å²) in [6.07, 6.45) is 0. The maximum absolute atomic E-state index is 12.1. The van der Waals surface area contributed by atoms with Gasteiger partial charge in [0, 0.05) is 18.1 Å². The Morgan fingerprint density at radius 3 is 2.50 bits per heavy atom. The van der Waals surface area contributed by atoms with Crippen molar-refractivity contribution in [3.05, 3.63) is 22.2 Å². The van der Waals surface area contributed by atoms with Crippen LogP contribution in [0, 0.1) is 11.8 Å². The van der Waals surface area contributed by atoms with Crippen molar-refractivity contribution >= 4 is 40.5 Å². The van der Waals surface area contributed by atoms with E-state index in [2.05, 4.69) is 24.1 Å². The number of rotatable bonds is 3. The molecule has 4 nitrogen and oxygen atoms in total. The molecule has 1 aromatic carbocycles. The lowest BCUT2D eigenvalue weighted by Gasteiger charge is -2.16. The summed E-state index contributed by atoms with van der Waals surface area (Å²) in [5, 5.41) is 3.57. The number of anilines is 2. The zero-order valence-electron chi connectivity index (χ0n) is 11.6. The molecule has 2 atom stereocenters. The smallest absolute Gasteiger partial charge is 0.238 e. The third-order valence-electron chi connectivity index (χ3n) is 3.78. The minimum atomic E-state index is -0.109. The number of hydrogen-bond donors (Lipinski definition) is 2. The van der Waals surface area contributed by atoms with Crippen molar-refractivity contribution in [2.45, 2.75) is 13.8 Å². The summed E-state index contributed by atoms with van der Waals surface area (Å²) in [6, 6.07) is 3.14. The number of nitrogen functional groups attached to an aromatic ring is 1. The molecule has 0 aromatic heterocycles. The lowest BCUT2D eigenvalue weighted by atomic mass is 10.0. The first-order valence-corrected chi connectivity index (χ1v) is 7.39. The van der Waals surface area contributed by atoms with Gasteiger partial charge >= 0.3 is 0 Å². The molecule has 0 saturated carbocycles. The fourth-order valence-corrected chi connectivity index (χ4v) is 3.04. The van der Waals surface area contributed by atoms with E-state index in [1.165, 1.54) is 0 Å². The van der Waals surface area contributed by atoms with Crippen molar-refractivity contribution in [3.63, 3.8) is 0 Å². The van der Waals surface area contributed by atoms with Crippen LogP contribution in [0.2, 0.25) is 10.0 Å². The number of carbonyl (C=O) groups is 1. The van der Waals surface area contributed by atoms with E-state index in [1.807, 2.05) is 0 Å². The van der Waals surface area contributed by atoms with Crippen molar-refractivity contribution in [1.82, 2.24) is 4.90 Å². The highest BCUT2D eigenvalue weighted by Gasteiger charge is 2.27. The molecule has 0 radical (unpaired) electrons. The summed E-state index contributed by atoms with van der Waals surface area (Å²) in [6.45, 7) is 6.65. The molecule has 2 unspecified atom stereocenters. The highest BCUT2D eigenvalue weighted by molar-refractivity contribution is 6.37. The fourth-order valence-electron chi connectivity index (χ4n) is 2.49. The largest absolute Gasteiger partial charge is 0.397 e. The SMILES string of the molecule is CC1CN(CC(=O)Nc2c(N)cc(Cl)cc2Cl)CC1C. The molecular formula is C14H19Cl2N3O. The minimum Gasteiger partial charge on any atom is -0.397 e. The molecule has 6 heteroatoms. The number of nitrogens with two attached hydrogens (primary N) is 1. The maximum atomic E-state index is 12.1. The van der Waals surface area contributed by atoms with Gasteiger partial charge in [0.05, 0.1) is 22.9 Å². The van der Waals surface area contributed by atoms with Crippen LogP contribution in [0.3, 0.4) is 0 Å². The normalized spacial score (nSPS) is 23.0. The number of hydrogen-bond acceptors (Lipinski definition) is 3. The van der Waals surface area contributed by atoms with E-state index in [-0.39, 0.29) is 5.91 Å². The minimum absolute atomic E-state index is 0.109. The van der Waals surface area contributed by atoms with Crippen molar-refractivity contribution < 1.29 is 4.79 Å². The number of benzene rings is 1. The van der Waals surface area contributed by atoms with Gasteiger partial charge in [0.2, 0.25) is 5.91 Å². The Morgan fingerprint density at radius 2 is 1.95 bits per heavy atom. The summed E-state index contributed by atoms with van der Waals surface area (Å²) < 4.78 is 0. The van der Waals surface area contributed by atoms with Crippen molar-refractivity contribution in [1.29, 1.82) is 0 Å². The third-order valence-corrected chi connectivity index (χ3v) is 4.30. The van der Waals surface area contributed by atoms with E-state index < -0.39 is 0 Å². The van der Waals surface area contributed by atoms with E-state index in [0.717, 1.165) is 13.1 Å². The standard InChI is InChI=1S/C14H19Cl2N3O/c1-8-5-19(6-9(8)2)7-13(20)18-14-11(16)3-10(15)4-12(14)17/h3-4,8-9H,5-7,17H2,1-2H3,(H,18,20). The molecular weight excluding hydrogens is 297 g/mol. The second kappa shape index (κ2) is 6.20. The van der Waals surface area contributed by atoms with Gasteiger partial charge in [-0.3, -0.25) is 9.69 Å². The van der Waals surface area contributed by atoms with Crippen LogP contribution in [0.4, 0.5) is 11.4 Å². The third kappa shape index (κ3) is 3.57. The molecule has 0 bridgehead atoms. The first-order chi connectivity index (χ1) is 9.36. The Kier molecular flexibility index (Phi) is 4.78. The van der Waals surface area contributed by atoms with Gasteiger partial charge in [0.15, 0.2) is 0 Å². The van der Waals surface area contributed by atoms with Crippen LogP contribution >= 0.6 is 23.2 Å². The topological polar surface area (TPSA) is 58.4 Å². The van der Waals surface area contributed by atoms with Crippen molar-refractivity contribution in [3.8, 4) is 0 Å². The molecule has 1 heterocycles. The van der Waals surface area contributed by atoms with Gasteiger partial charge in [-0.1, -0.05) is 37.0 Å². The number of likely N-dealkylation sites (tertiary alicyclic amines) is 1. The lowest BCUT2D eigenvalue weighted by Crippen LogP contribution is -2.32. The van der Waals surface area contributed by atoms with E-state index in [1.54, 1.807) is 12.1 Å². The van der Waals surface area contributed by atoms with Gasteiger partial charge < -0.3 is 11.1 Å². The molecule has 1 aliphatic rings. The van der Waals surface area contributed by atoms with Crippen LogP contribution in [0.5, 0.6) is 0 Å². The van der Waals surface area contributed by atoms with Crippen LogP contribution in [-0.4, -0.2) is 30.4 Å². The van der Waals surface area contributed by atoms with Crippen molar-refractivity contribution in [2.24, 2.45) is 11.8 Å². The van der Waals surface area contributed by atoms with Gasteiger partial charge in [0.25, 0.3) is 0 Å². The lowest BCUT2D eigenvalue weighted by molar-refractivity contribution is -0.117. The monoisotopic (exact) mass is 315 g/mol. The van der Waals surface area contributed by atoms with E-state index in [0.29, 0.717) is 39.8 Å². The quantitative estimate of drug-likeness (QED) is 0.843. The molecule has 1 fully saturated rings. The van der Waals surface area contributed by atoms with E-state index >= 15 is 0 Å². The molecule has 110 valence electrons. The second-order valence-electron chi connectivity index (χ2n) is 5.55. The zero-order chi connectivity index (χ0) is 14.9. The van der Waals surface area contributed by atoms with E-state index in [4.69, 9.17) is 28.9 Å². The van der Waals surface area contributed by atoms with Crippen molar-refractivity contribution in [2.75, 3.05) is 30.7 Å². The van der Waals surface area contributed by atoms with Gasteiger partial charge in [-0.05, 0) is 24.0 Å². The number of nitrogens with zero attached hydrogens (tertiary/aromatic N) is 1. The first kappa shape index (κ1) is 15.4. The Bertz CT molecular complexity index is 488. The van der Waals surface area contributed by atoms with Gasteiger partial charge in [-0.15, -0.1) is 0 Å². The predicted molar refractivity (Wildman–Crippen MR) is 84.3 cm³/mol. The summed E-state index contributed by atoms with van der Waals surface area (Å²) in [5.41, 5.74) is 6.63. The average Bonchev–Trinajstić information content (AvgIpc) is 2.63. The molecule has 3 N–H and O–H groups in total. The zero-order valence-corrected chi connectivity index (χ0v) is 13.1. The van der Waals surface area contributed by atoms with Crippen LogP contribution in [0.1, 0.15) is 13.8 Å². The number of carbonyl (C=O) groups excluding carboxylic acids is 1. The van der Waals surface area contributed by atoms with Crippen LogP contribution < -0.4 is 11.1 Å². The Labute approximate surface area is 129 Å². The Hall–Kier alpha value is -0.970. The number of nitrogens with one attached hydrogen (secondary N) is 1. The Balaban J connectivity index is 1.99. The highest BCUT2D eigenvalue weighted by Crippen LogP contribution is 2.32. The average molecular weight is 316 g/mol. The summed E-state index contributed by atoms with van der Waals surface area (Å²) >= 11 is 11.9. The predicted octanol–water partition coefficient (Wildman–Crippen LogP) is 3.10. The Morgan fingerprint density at radius 1 is 1.35 bits per heavy atom. The second-order valence-corrected chi connectivity index (χ2v) is 6.39. The van der Waals surface area contributed by atoms with E-state index in [9.17, 15) is 4.79 Å². The van der Waals surface area contributed by atoms with Gasteiger partial charge in [-0.25, -0.2) is 0 Å². The molecule has 1 aromatic rings. The molecule has 2 rings (SSSR count). The molecule has 1 aliphatic heterocycles. The van der Waals surface area contributed by atoms with Crippen LogP contribution in [0.15, 0.2) is 12.1 Å². The fraction of sp³-hybridized carbons (Fsp3) is 0.500. The maximum Gasteiger partial charge on any atom is 0.238 e. The number of amides is 1. The molecule has 0 aliphatic carbocycles. The summed E-state index contributed by atoms with van der Waals surface area (Å²) in [7, 11) is 0. The molecule has 0 spiro atoms. The molecule has 1 saturated heterocycles.